The van der Waals surface area contributed by atoms with Crippen LogP contribution in [0.2, 0.25) is 0 Å². The molecule has 0 saturated heterocycles. The lowest BCUT2D eigenvalue weighted by molar-refractivity contribution is -0.122. The maximum absolute atomic E-state index is 13.9. The molecule has 0 aliphatic carbocycles. The fraction of sp³-hybridized carbons (Fsp3) is 0.517. The summed E-state index contributed by atoms with van der Waals surface area (Å²) in [6.45, 7) is 4.57. The topological polar surface area (TPSA) is 95.6 Å². The van der Waals surface area contributed by atoms with Crippen LogP contribution in [0.4, 0.5) is 0 Å². The summed E-state index contributed by atoms with van der Waals surface area (Å²) in [6, 6.07) is 7.24. The molecule has 3 aliphatic heterocycles. The number of ketones is 1. The first-order valence-electron chi connectivity index (χ1n) is 13.5. The number of fused-ring (bicyclic) bond motifs is 6. The van der Waals surface area contributed by atoms with Crippen LogP contribution in [0.1, 0.15) is 34.3 Å². The lowest BCUT2D eigenvalue weighted by Gasteiger charge is -2.37. The standard InChI is InChI=1S/C29H36N2O7S2/c1-16(13-31(7-9-40)14-26(32)30-6-8-39)21-11-19-20(37-21)5-4-17-28(33)27-18-10-23(34-2)24(35-3)12-22(18)36-15-25(27)38-29(17)19/h4-5,10,12,16,21,25,27,39-40H,6-9,11,13-15H2,1-3H3,(H,30,32). The molecular formula is C29H36N2O7S2. The highest BCUT2D eigenvalue weighted by atomic mass is 32.1. The largest absolute Gasteiger partial charge is 0.493 e. The maximum atomic E-state index is 13.9. The molecule has 9 nitrogen and oxygen atoms in total. The molecule has 40 heavy (non-hydrogen) atoms. The Balaban J connectivity index is 1.34. The van der Waals surface area contributed by atoms with E-state index in [-0.39, 0.29) is 30.3 Å². The molecule has 3 aliphatic rings. The molecule has 0 spiro atoms. The zero-order valence-corrected chi connectivity index (χ0v) is 24.8. The normalized spacial score (nSPS) is 21.1. The Labute approximate surface area is 245 Å². The number of benzene rings is 2. The van der Waals surface area contributed by atoms with Gasteiger partial charge in [-0.25, -0.2) is 0 Å². The van der Waals surface area contributed by atoms with Crippen molar-refractivity contribution in [2.45, 2.75) is 31.5 Å². The van der Waals surface area contributed by atoms with E-state index in [1.165, 1.54) is 0 Å². The van der Waals surface area contributed by atoms with Gasteiger partial charge in [-0.2, -0.15) is 25.3 Å². The number of ether oxygens (including phenoxy) is 5. The van der Waals surface area contributed by atoms with E-state index in [2.05, 4.69) is 42.4 Å². The van der Waals surface area contributed by atoms with Crippen LogP contribution in [0.25, 0.3) is 0 Å². The third-order valence-electron chi connectivity index (χ3n) is 7.74. The van der Waals surface area contributed by atoms with Crippen molar-refractivity contribution in [3.8, 4) is 28.7 Å². The SMILES string of the molecule is COc1cc2c(cc1OC)C1C(=O)c3ccc4c(c3OC1CO2)CC(C(C)CN(CCS)CC(=O)NCCS)O4. The fourth-order valence-electron chi connectivity index (χ4n) is 5.76. The lowest BCUT2D eigenvalue weighted by Crippen LogP contribution is -2.43. The summed E-state index contributed by atoms with van der Waals surface area (Å²) in [6.07, 6.45) is 0.0454. The second kappa shape index (κ2) is 12.4. The number of hydrogen-bond acceptors (Lipinski definition) is 10. The van der Waals surface area contributed by atoms with Gasteiger partial charge in [-0.1, -0.05) is 6.92 Å². The number of rotatable bonds is 11. The highest BCUT2D eigenvalue weighted by molar-refractivity contribution is 7.80. The van der Waals surface area contributed by atoms with Gasteiger partial charge in [0.1, 0.15) is 36.1 Å². The second-order valence-electron chi connectivity index (χ2n) is 10.3. The van der Waals surface area contributed by atoms with E-state index in [1.807, 2.05) is 6.07 Å². The maximum Gasteiger partial charge on any atom is 0.234 e. The minimum atomic E-state index is -0.505. The molecule has 2 aromatic carbocycles. The number of nitrogens with zero attached hydrogens (tertiary/aromatic N) is 1. The summed E-state index contributed by atoms with van der Waals surface area (Å²) >= 11 is 8.53. The van der Waals surface area contributed by atoms with Gasteiger partial charge in [0, 0.05) is 60.7 Å². The number of methoxy groups -OCH3 is 2. The predicted octanol–water partition coefficient (Wildman–Crippen LogP) is 3.04. The van der Waals surface area contributed by atoms with Crippen LogP contribution in [0.3, 0.4) is 0 Å². The summed E-state index contributed by atoms with van der Waals surface area (Å²) in [5.74, 6) is 3.84. The highest BCUT2D eigenvalue weighted by Crippen LogP contribution is 2.50. The molecule has 0 aromatic heterocycles. The third-order valence-corrected chi connectivity index (χ3v) is 8.17. The van der Waals surface area contributed by atoms with E-state index >= 15 is 0 Å². The van der Waals surface area contributed by atoms with E-state index in [0.717, 1.165) is 16.9 Å². The summed E-state index contributed by atoms with van der Waals surface area (Å²) < 4.78 is 29.7. The molecule has 3 heterocycles. The molecule has 1 amide bonds. The number of carbonyl (C=O) groups is 2. The van der Waals surface area contributed by atoms with Crippen LogP contribution in [0.15, 0.2) is 24.3 Å². The van der Waals surface area contributed by atoms with Crippen molar-refractivity contribution in [1.29, 1.82) is 0 Å². The Kier molecular flexibility index (Phi) is 8.92. The molecule has 0 radical (unpaired) electrons. The Morgan fingerprint density at radius 1 is 1.12 bits per heavy atom. The van der Waals surface area contributed by atoms with Gasteiger partial charge in [-0.05, 0) is 18.2 Å². The van der Waals surface area contributed by atoms with E-state index < -0.39 is 12.0 Å². The number of nitrogens with one attached hydrogen (secondary N) is 1. The molecule has 2 aromatic rings. The monoisotopic (exact) mass is 588 g/mol. The second-order valence-corrected chi connectivity index (χ2v) is 11.2. The van der Waals surface area contributed by atoms with Crippen LogP contribution >= 0.6 is 25.3 Å². The van der Waals surface area contributed by atoms with E-state index in [4.69, 9.17) is 23.7 Å². The van der Waals surface area contributed by atoms with Gasteiger partial charge >= 0.3 is 0 Å². The Morgan fingerprint density at radius 2 is 1.90 bits per heavy atom. The lowest BCUT2D eigenvalue weighted by atomic mass is 9.81. The number of amides is 1. The Morgan fingerprint density at radius 3 is 2.62 bits per heavy atom. The molecule has 1 N–H and O–H groups in total. The molecule has 5 rings (SSSR count). The van der Waals surface area contributed by atoms with Gasteiger partial charge in [0.15, 0.2) is 17.3 Å². The van der Waals surface area contributed by atoms with Crippen molar-refractivity contribution >= 4 is 36.9 Å². The van der Waals surface area contributed by atoms with Crippen molar-refractivity contribution < 1.29 is 33.3 Å². The highest BCUT2D eigenvalue weighted by Gasteiger charge is 2.46. The summed E-state index contributed by atoms with van der Waals surface area (Å²) in [5, 5.41) is 2.87. The first-order chi connectivity index (χ1) is 19.4. The number of thiol groups is 2. The van der Waals surface area contributed by atoms with Gasteiger partial charge in [0.25, 0.3) is 0 Å². The molecule has 4 atom stereocenters. The molecule has 0 fully saturated rings. The molecule has 11 heteroatoms. The van der Waals surface area contributed by atoms with Crippen molar-refractivity contribution in [2.75, 3.05) is 58.5 Å². The van der Waals surface area contributed by atoms with Gasteiger partial charge in [0.2, 0.25) is 5.91 Å². The van der Waals surface area contributed by atoms with Gasteiger partial charge in [-0.3, -0.25) is 14.5 Å². The minimum absolute atomic E-state index is 0.00509. The average Bonchev–Trinajstić information content (AvgIpc) is 3.40. The molecule has 0 saturated carbocycles. The van der Waals surface area contributed by atoms with Crippen molar-refractivity contribution in [3.05, 3.63) is 41.0 Å². The first-order valence-corrected chi connectivity index (χ1v) is 14.8. The smallest absolute Gasteiger partial charge is 0.234 e. The van der Waals surface area contributed by atoms with Crippen LogP contribution in [-0.4, -0.2) is 87.3 Å². The number of Topliss-reactive ketones (excluding diaryl/α,β-unsaturated/α-hetero) is 1. The molecule has 0 bridgehead atoms. The van der Waals surface area contributed by atoms with E-state index in [9.17, 15) is 9.59 Å². The fourth-order valence-corrected chi connectivity index (χ4v) is 6.16. The van der Waals surface area contributed by atoms with Gasteiger partial charge in [0.05, 0.1) is 32.2 Å². The van der Waals surface area contributed by atoms with Crippen molar-refractivity contribution in [3.63, 3.8) is 0 Å². The molecular weight excluding hydrogens is 552 g/mol. The minimum Gasteiger partial charge on any atom is -0.493 e. The van der Waals surface area contributed by atoms with Crippen LogP contribution < -0.4 is 29.0 Å². The van der Waals surface area contributed by atoms with Gasteiger partial charge < -0.3 is 29.0 Å². The van der Waals surface area contributed by atoms with E-state index in [1.54, 1.807) is 32.4 Å². The first kappa shape index (κ1) is 28.8. The average molecular weight is 589 g/mol. The summed E-state index contributed by atoms with van der Waals surface area (Å²) in [5.41, 5.74) is 2.19. The van der Waals surface area contributed by atoms with Crippen molar-refractivity contribution in [2.24, 2.45) is 5.92 Å². The van der Waals surface area contributed by atoms with Crippen molar-refractivity contribution in [1.82, 2.24) is 10.2 Å². The van der Waals surface area contributed by atoms with Crippen LogP contribution in [-0.2, 0) is 11.2 Å². The summed E-state index contributed by atoms with van der Waals surface area (Å²) in [4.78, 5) is 28.3. The molecule has 4 unspecified atom stereocenters. The predicted molar refractivity (Wildman–Crippen MR) is 157 cm³/mol. The zero-order chi connectivity index (χ0) is 28.4. The Bertz CT molecular complexity index is 1270. The summed E-state index contributed by atoms with van der Waals surface area (Å²) in [7, 11) is 3.13. The zero-order valence-electron chi connectivity index (χ0n) is 23.0. The van der Waals surface area contributed by atoms with Crippen LogP contribution in [0.5, 0.6) is 28.7 Å². The third kappa shape index (κ3) is 5.56. The number of carbonyl (C=O) groups excluding carboxylic acids is 2. The van der Waals surface area contributed by atoms with Crippen LogP contribution in [0, 0.1) is 5.92 Å². The number of hydrogen-bond donors (Lipinski definition) is 3. The van der Waals surface area contributed by atoms with Gasteiger partial charge in [-0.15, -0.1) is 0 Å². The van der Waals surface area contributed by atoms with E-state index in [0.29, 0.717) is 72.7 Å². The Hall–Kier alpha value is -2.76. The molecule has 216 valence electrons. The quantitative estimate of drug-likeness (QED) is 0.345.